The number of esters is 2. The lowest BCUT2D eigenvalue weighted by Gasteiger charge is -2.05. The first-order valence-electron chi connectivity index (χ1n) is 5.23. The number of ether oxygens (including phenoxy) is 1. The van der Waals surface area contributed by atoms with E-state index in [1.807, 2.05) is 0 Å². The van der Waals surface area contributed by atoms with Crippen molar-refractivity contribution in [2.75, 3.05) is 0 Å². The predicted octanol–water partition coefficient (Wildman–Crippen LogP) is 1.99. The van der Waals surface area contributed by atoms with Crippen molar-refractivity contribution in [2.45, 2.75) is 25.7 Å². The molecule has 0 spiro atoms. The third kappa shape index (κ3) is 2.35. The summed E-state index contributed by atoms with van der Waals surface area (Å²) < 4.78 is 4.70. The SMILES string of the molecule is C=C(C(=O)OC(=O)C(=C)C1CC1)C1CC1. The smallest absolute Gasteiger partial charge is 0.341 e. The second-order valence-corrected chi connectivity index (χ2v) is 4.28. The van der Waals surface area contributed by atoms with E-state index in [-0.39, 0.29) is 11.8 Å². The van der Waals surface area contributed by atoms with Gasteiger partial charge >= 0.3 is 11.9 Å². The Bertz CT molecular complexity index is 312. The monoisotopic (exact) mass is 206 g/mol. The Morgan fingerprint density at radius 3 is 1.47 bits per heavy atom. The van der Waals surface area contributed by atoms with Gasteiger partial charge in [-0.15, -0.1) is 0 Å². The predicted molar refractivity (Wildman–Crippen MR) is 54.8 cm³/mol. The van der Waals surface area contributed by atoms with Crippen molar-refractivity contribution in [2.24, 2.45) is 11.8 Å². The van der Waals surface area contributed by atoms with Crippen LogP contribution in [0.2, 0.25) is 0 Å². The van der Waals surface area contributed by atoms with Gasteiger partial charge in [0.2, 0.25) is 0 Å². The summed E-state index contributed by atoms with van der Waals surface area (Å²) in [6.07, 6.45) is 3.91. The third-order valence-electron chi connectivity index (χ3n) is 2.85. The van der Waals surface area contributed by atoms with Gasteiger partial charge < -0.3 is 4.74 Å². The van der Waals surface area contributed by atoms with Crippen molar-refractivity contribution in [3.8, 4) is 0 Å². The van der Waals surface area contributed by atoms with Crippen LogP contribution in [0.1, 0.15) is 25.7 Å². The van der Waals surface area contributed by atoms with Gasteiger partial charge in [-0.05, 0) is 37.5 Å². The van der Waals surface area contributed by atoms with Gasteiger partial charge in [-0.3, -0.25) is 0 Å². The Hall–Kier alpha value is -1.38. The standard InChI is InChI=1S/C12H14O3/c1-7(9-3-4-9)11(13)15-12(14)8(2)10-5-6-10/h9-10H,1-6H2. The minimum Gasteiger partial charge on any atom is -0.386 e. The maximum Gasteiger partial charge on any atom is 0.341 e. The van der Waals surface area contributed by atoms with Crippen LogP contribution in [0.25, 0.3) is 0 Å². The molecule has 0 saturated heterocycles. The van der Waals surface area contributed by atoms with E-state index in [0.717, 1.165) is 25.7 Å². The maximum absolute atomic E-state index is 11.4. The Balaban J connectivity index is 1.84. The summed E-state index contributed by atoms with van der Waals surface area (Å²) in [5.74, 6) is -0.687. The van der Waals surface area contributed by atoms with Crippen molar-refractivity contribution in [3.63, 3.8) is 0 Å². The quantitative estimate of drug-likeness (QED) is 0.401. The third-order valence-corrected chi connectivity index (χ3v) is 2.85. The summed E-state index contributed by atoms with van der Waals surface area (Å²) in [6.45, 7) is 7.27. The zero-order valence-electron chi connectivity index (χ0n) is 8.62. The van der Waals surface area contributed by atoms with Gasteiger partial charge in [0.15, 0.2) is 0 Å². The molecule has 0 bridgehead atoms. The Kier molecular flexibility index (Phi) is 2.47. The molecule has 0 heterocycles. The first kappa shape index (κ1) is 10.1. The van der Waals surface area contributed by atoms with Crippen molar-refractivity contribution >= 4 is 11.9 Å². The fourth-order valence-electron chi connectivity index (χ4n) is 1.41. The largest absolute Gasteiger partial charge is 0.386 e. The fourth-order valence-corrected chi connectivity index (χ4v) is 1.41. The molecule has 2 rings (SSSR count). The summed E-state index contributed by atoms with van der Waals surface area (Å²) >= 11 is 0. The van der Waals surface area contributed by atoms with Crippen LogP contribution >= 0.6 is 0 Å². The zero-order chi connectivity index (χ0) is 11.0. The van der Waals surface area contributed by atoms with Crippen molar-refractivity contribution in [3.05, 3.63) is 24.3 Å². The summed E-state index contributed by atoms with van der Waals surface area (Å²) in [6, 6.07) is 0. The van der Waals surface area contributed by atoms with E-state index in [9.17, 15) is 9.59 Å². The molecule has 0 N–H and O–H groups in total. The topological polar surface area (TPSA) is 43.4 Å². The molecule has 2 aliphatic carbocycles. The molecular formula is C12H14O3. The van der Waals surface area contributed by atoms with E-state index in [0.29, 0.717) is 11.1 Å². The average molecular weight is 206 g/mol. The molecule has 3 nitrogen and oxygen atoms in total. The van der Waals surface area contributed by atoms with Crippen LogP contribution in [0.3, 0.4) is 0 Å². The minimum atomic E-state index is -0.579. The van der Waals surface area contributed by atoms with Crippen LogP contribution in [0.15, 0.2) is 24.3 Å². The van der Waals surface area contributed by atoms with E-state index in [4.69, 9.17) is 4.74 Å². The highest BCUT2D eigenvalue weighted by molar-refractivity contribution is 6.02. The molecule has 0 amide bonds. The molecule has 0 aromatic carbocycles. The average Bonchev–Trinajstić information content (AvgIpc) is 3.05. The number of hydrogen-bond donors (Lipinski definition) is 0. The number of rotatable bonds is 4. The first-order chi connectivity index (χ1) is 7.09. The molecule has 2 aliphatic rings. The van der Waals surface area contributed by atoms with Crippen LogP contribution in [0, 0.1) is 11.8 Å². The molecule has 15 heavy (non-hydrogen) atoms. The summed E-state index contributed by atoms with van der Waals surface area (Å²) in [4.78, 5) is 22.8. The molecule has 2 fully saturated rings. The van der Waals surface area contributed by atoms with Crippen LogP contribution < -0.4 is 0 Å². The molecule has 0 aliphatic heterocycles. The Morgan fingerprint density at radius 2 is 1.20 bits per heavy atom. The van der Waals surface area contributed by atoms with Crippen LogP contribution in [0.4, 0.5) is 0 Å². The van der Waals surface area contributed by atoms with Crippen LogP contribution in [-0.2, 0) is 14.3 Å². The molecule has 0 aromatic heterocycles. The maximum atomic E-state index is 11.4. The fraction of sp³-hybridized carbons (Fsp3) is 0.500. The van der Waals surface area contributed by atoms with Gasteiger partial charge in [-0.2, -0.15) is 0 Å². The van der Waals surface area contributed by atoms with Crippen molar-refractivity contribution in [1.82, 2.24) is 0 Å². The highest BCUT2D eigenvalue weighted by Gasteiger charge is 2.34. The van der Waals surface area contributed by atoms with Gasteiger partial charge in [-0.1, -0.05) is 13.2 Å². The van der Waals surface area contributed by atoms with Gasteiger partial charge in [0, 0.05) is 11.1 Å². The lowest BCUT2D eigenvalue weighted by molar-refractivity contribution is -0.154. The lowest BCUT2D eigenvalue weighted by atomic mass is 10.2. The van der Waals surface area contributed by atoms with E-state index >= 15 is 0 Å². The van der Waals surface area contributed by atoms with E-state index < -0.39 is 11.9 Å². The van der Waals surface area contributed by atoms with Crippen LogP contribution in [0.5, 0.6) is 0 Å². The van der Waals surface area contributed by atoms with Gasteiger partial charge in [0.25, 0.3) is 0 Å². The normalized spacial score (nSPS) is 19.5. The molecule has 0 radical (unpaired) electrons. The van der Waals surface area contributed by atoms with E-state index in [1.165, 1.54) is 0 Å². The molecule has 2 saturated carbocycles. The Morgan fingerprint density at radius 1 is 0.867 bits per heavy atom. The molecule has 80 valence electrons. The summed E-state index contributed by atoms with van der Waals surface area (Å²) in [5.41, 5.74) is 0.846. The highest BCUT2D eigenvalue weighted by Crippen LogP contribution is 2.37. The molecule has 0 aromatic rings. The number of carbonyl (C=O) groups is 2. The molecule has 0 atom stereocenters. The van der Waals surface area contributed by atoms with Crippen molar-refractivity contribution < 1.29 is 14.3 Å². The summed E-state index contributed by atoms with van der Waals surface area (Å²) in [7, 11) is 0. The van der Waals surface area contributed by atoms with E-state index in [2.05, 4.69) is 13.2 Å². The number of carbonyl (C=O) groups excluding carboxylic acids is 2. The second kappa shape index (κ2) is 3.65. The second-order valence-electron chi connectivity index (χ2n) is 4.28. The molecule has 3 heteroatoms. The van der Waals surface area contributed by atoms with Crippen molar-refractivity contribution in [1.29, 1.82) is 0 Å². The lowest BCUT2D eigenvalue weighted by Crippen LogP contribution is -2.16. The van der Waals surface area contributed by atoms with Gasteiger partial charge in [-0.25, -0.2) is 9.59 Å². The minimum absolute atomic E-state index is 0.236. The Labute approximate surface area is 88.8 Å². The van der Waals surface area contributed by atoms with E-state index in [1.54, 1.807) is 0 Å². The van der Waals surface area contributed by atoms with Gasteiger partial charge in [0.05, 0.1) is 0 Å². The zero-order valence-corrected chi connectivity index (χ0v) is 8.62. The molecular weight excluding hydrogens is 192 g/mol. The first-order valence-corrected chi connectivity index (χ1v) is 5.23. The van der Waals surface area contributed by atoms with Crippen LogP contribution in [-0.4, -0.2) is 11.9 Å². The summed E-state index contributed by atoms with van der Waals surface area (Å²) in [5, 5.41) is 0. The highest BCUT2D eigenvalue weighted by atomic mass is 16.6. The molecule has 0 unspecified atom stereocenters. The van der Waals surface area contributed by atoms with Gasteiger partial charge in [0.1, 0.15) is 0 Å². The number of hydrogen-bond acceptors (Lipinski definition) is 3.